The summed E-state index contributed by atoms with van der Waals surface area (Å²) in [5.41, 5.74) is 0. The third kappa shape index (κ3) is 70.8. The Kier molecular flexibility index (Phi) is 71.0. The normalized spacial score (nSPS) is 12.0. The van der Waals surface area contributed by atoms with Crippen LogP contribution in [0.15, 0.2) is 12.2 Å². The van der Waals surface area contributed by atoms with Gasteiger partial charge in [0.2, 0.25) is 0 Å². The number of rotatable bonds is 72. The summed E-state index contributed by atoms with van der Waals surface area (Å²) >= 11 is 0. The molecule has 0 rings (SSSR count). The predicted molar refractivity (Wildman–Crippen MR) is 363 cm³/mol. The SMILES string of the molecule is CCCCCCCCCC/C=C\CCCCCCCCCCCCCCCCCCCC(=O)OCC(COC(=O)CCCCCCCCCCCCCCCCC)OC(=O)CCCCCCCCCCCCCCCCCCCCCCC. The number of ether oxygens (including phenoxy) is 3. The number of carbonyl (C=O) groups is 3. The first-order chi connectivity index (χ1) is 41.0. The Hall–Kier alpha value is -1.85. The van der Waals surface area contributed by atoms with Crippen LogP contribution < -0.4 is 0 Å². The summed E-state index contributed by atoms with van der Waals surface area (Å²) in [6, 6.07) is 0. The van der Waals surface area contributed by atoms with Gasteiger partial charge in [-0.15, -0.1) is 0 Å². The van der Waals surface area contributed by atoms with Crippen LogP contribution in [-0.2, 0) is 28.6 Å². The van der Waals surface area contributed by atoms with Crippen molar-refractivity contribution in [3.8, 4) is 0 Å². The average molecular weight is 1170 g/mol. The van der Waals surface area contributed by atoms with Crippen LogP contribution >= 0.6 is 0 Å². The first-order valence-electron chi connectivity index (χ1n) is 38.2. The fraction of sp³-hybridized carbons (Fsp3) is 0.935. The molecule has 83 heavy (non-hydrogen) atoms. The second-order valence-electron chi connectivity index (χ2n) is 26.3. The summed E-state index contributed by atoms with van der Waals surface area (Å²) in [6.45, 7) is 6.75. The van der Waals surface area contributed by atoms with E-state index in [0.717, 1.165) is 57.8 Å². The van der Waals surface area contributed by atoms with Crippen LogP contribution in [0.3, 0.4) is 0 Å². The van der Waals surface area contributed by atoms with Crippen molar-refractivity contribution in [2.75, 3.05) is 13.2 Å². The Labute approximate surface area is 520 Å². The maximum Gasteiger partial charge on any atom is 0.306 e. The van der Waals surface area contributed by atoms with E-state index >= 15 is 0 Å². The largest absolute Gasteiger partial charge is 0.462 e. The van der Waals surface area contributed by atoms with E-state index < -0.39 is 6.10 Å². The predicted octanol–water partition coefficient (Wildman–Crippen LogP) is 26.3. The Morgan fingerprint density at radius 1 is 0.229 bits per heavy atom. The minimum Gasteiger partial charge on any atom is -0.462 e. The molecule has 0 radical (unpaired) electrons. The summed E-state index contributed by atoms with van der Waals surface area (Å²) in [7, 11) is 0. The summed E-state index contributed by atoms with van der Waals surface area (Å²) in [5, 5.41) is 0. The summed E-state index contributed by atoms with van der Waals surface area (Å²) < 4.78 is 17.0. The van der Waals surface area contributed by atoms with Crippen LogP contribution in [-0.4, -0.2) is 37.2 Å². The molecular formula is C77H148O6. The molecule has 0 bridgehead atoms. The topological polar surface area (TPSA) is 78.9 Å². The molecule has 0 aliphatic heterocycles. The van der Waals surface area contributed by atoms with E-state index in [9.17, 15) is 14.4 Å². The molecule has 0 fully saturated rings. The maximum absolute atomic E-state index is 13.0. The molecule has 0 spiro atoms. The molecule has 0 aromatic rings. The van der Waals surface area contributed by atoms with Gasteiger partial charge >= 0.3 is 17.9 Å². The van der Waals surface area contributed by atoms with Crippen LogP contribution in [0.2, 0.25) is 0 Å². The second-order valence-corrected chi connectivity index (χ2v) is 26.3. The summed E-state index contributed by atoms with van der Waals surface area (Å²) in [5.74, 6) is -0.820. The van der Waals surface area contributed by atoms with Crippen molar-refractivity contribution in [3.05, 3.63) is 12.2 Å². The van der Waals surface area contributed by atoms with Gasteiger partial charge < -0.3 is 14.2 Å². The van der Waals surface area contributed by atoms with E-state index in [1.807, 2.05) is 0 Å². The third-order valence-electron chi connectivity index (χ3n) is 17.8. The quantitative estimate of drug-likeness (QED) is 0.0261. The summed E-state index contributed by atoms with van der Waals surface area (Å²) in [6.07, 6.45) is 88.3. The average Bonchev–Trinajstić information content (AvgIpc) is 3.49. The lowest BCUT2D eigenvalue weighted by atomic mass is 10.0. The molecule has 0 aromatic heterocycles. The second kappa shape index (κ2) is 72.6. The molecule has 0 amide bonds. The van der Waals surface area contributed by atoms with Gasteiger partial charge in [-0.25, -0.2) is 0 Å². The molecule has 0 heterocycles. The van der Waals surface area contributed by atoms with Crippen LogP contribution in [0, 0.1) is 0 Å². The zero-order valence-corrected chi connectivity index (χ0v) is 56.8. The van der Waals surface area contributed by atoms with Gasteiger partial charge in [-0.1, -0.05) is 392 Å². The summed E-state index contributed by atoms with van der Waals surface area (Å²) in [4.78, 5) is 38.5. The first kappa shape index (κ1) is 81.2. The van der Waals surface area contributed by atoms with Gasteiger partial charge in [-0.3, -0.25) is 14.4 Å². The Morgan fingerprint density at radius 3 is 0.602 bits per heavy atom. The lowest BCUT2D eigenvalue weighted by Crippen LogP contribution is -2.30. The molecule has 0 aliphatic carbocycles. The van der Waals surface area contributed by atoms with Gasteiger partial charge in [0.15, 0.2) is 6.10 Å². The molecular weight excluding hydrogens is 1020 g/mol. The molecule has 0 saturated heterocycles. The smallest absolute Gasteiger partial charge is 0.306 e. The lowest BCUT2D eigenvalue weighted by Gasteiger charge is -2.18. The van der Waals surface area contributed by atoms with E-state index in [1.165, 1.54) is 347 Å². The van der Waals surface area contributed by atoms with Crippen molar-refractivity contribution in [3.63, 3.8) is 0 Å². The third-order valence-corrected chi connectivity index (χ3v) is 17.8. The van der Waals surface area contributed by atoms with Crippen LogP contribution in [0.1, 0.15) is 445 Å². The number of unbranched alkanes of at least 4 members (excludes halogenated alkanes) is 59. The van der Waals surface area contributed by atoms with Crippen molar-refractivity contribution in [1.29, 1.82) is 0 Å². The number of esters is 3. The van der Waals surface area contributed by atoms with Gasteiger partial charge in [0.05, 0.1) is 0 Å². The van der Waals surface area contributed by atoms with Gasteiger partial charge in [0.25, 0.3) is 0 Å². The van der Waals surface area contributed by atoms with Gasteiger partial charge in [0, 0.05) is 19.3 Å². The van der Waals surface area contributed by atoms with Gasteiger partial charge in [-0.05, 0) is 44.9 Å². The molecule has 1 atom stereocenters. The highest BCUT2D eigenvalue weighted by Gasteiger charge is 2.20. The molecule has 0 N–H and O–H groups in total. The molecule has 0 aromatic carbocycles. The van der Waals surface area contributed by atoms with Crippen LogP contribution in [0.4, 0.5) is 0 Å². The molecule has 6 heteroatoms. The first-order valence-corrected chi connectivity index (χ1v) is 38.2. The standard InChI is InChI=1S/C77H148O6/c1-4-7-10-13-16-19-22-25-28-30-32-34-35-36-37-38-39-40-41-43-44-46-49-52-55-58-61-64-67-70-76(79)82-73-74(72-81-75(78)69-66-63-60-57-54-51-48-27-24-21-18-15-12-9-6-3)83-77(80)71-68-65-62-59-56-53-50-47-45-42-33-31-29-26-23-20-17-14-11-8-5-2/h30,32,74H,4-29,31,33-73H2,1-3H3/b32-30-. The van der Waals surface area contributed by atoms with E-state index in [0.29, 0.717) is 19.3 Å². The van der Waals surface area contributed by atoms with Crippen LogP contribution in [0.5, 0.6) is 0 Å². The molecule has 6 nitrogen and oxygen atoms in total. The molecule has 492 valence electrons. The molecule has 0 saturated carbocycles. The number of carbonyl (C=O) groups excluding carboxylic acids is 3. The van der Waals surface area contributed by atoms with Crippen molar-refractivity contribution in [2.45, 2.75) is 451 Å². The minimum atomic E-state index is -0.766. The number of hydrogen-bond donors (Lipinski definition) is 0. The monoisotopic (exact) mass is 1170 g/mol. The van der Waals surface area contributed by atoms with Gasteiger partial charge in [0.1, 0.15) is 13.2 Å². The molecule has 0 aliphatic rings. The zero-order chi connectivity index (χ0) is 59.9. The Balaban J connectivity index is 4.18. The molecule has 1 unspecified atom stereocenters. The van der Waals surface area contributed by atoms with E-state index in [1.54, 1.807) is 0 Å². The van der Waals surface area contributed by atoms with Crippen molar-refractivity contribution < 1.29 is 28.6 Å². The van der Waals surface area contributed by atoms with E-state index in [2.05, 4.69) is 32.9 Å². The van der Waals surface area contributed by atoms with Crippen molar-refractivity contribution >= 4 is 17.9 Å². The minimum absolute atomic E-state index is 0.0615. The zero-order valence-electron chi connectivity index (χ0n) is 56.8. The maximum atomic E-state index is 13.0. The number of allylic oxidation sites excluding steroid dienone is 2. The van der Waals surface area contributed by atoms with Crippen molar-refractivity contribution in [1.82, 2.24) is 0 Å². The van der Waals surface area contributed by atoms with Crippen molar-refractivity contribution in [2.24, 2.45) is 0 Å². The highest BCUT2D eigenvalue weighted by molar-refractivity contribution is 5.71. The fourth-order valence-electron chi connectivity index (χ4n) is 12.0. The highest BCUT2D eigenvalue weighted by Crippen LogP contribution is 2.20. The number of hydrogen-bond acceptors (Lipinski definition) is 6. The Bertz CT molecular complexity index is 1300. The lowest BCUT2D eigenvalue weighted by molar-refractivity contribution is -0.167. The van der Waals surface area contributed by atoms with Gasteiger partial charge in [-0.2, -0.15) is 0 Å². The Morgan fingerprint density at radius 2 is 0.398 bits per heavy atom. The van der Waals surface area contributed by atoms with E-state index in [-0.39, 0.29) is 31.1 Å². The fourth-order valence-corrected chi connectivity index (χ4v) is 12.0. The van der Waals surface area contributed by atoms with Crippen LogP contribution in [0.25, 0.3) is 0 Å². The highest BCUT2D eigenvalue weighted by atomic mass is 16.6. The van der Waals surface area contributed by atoms with E-state index in [4.69, 9.17) is 14.2 Å².